The summed E-state index contributed by atoms with van der Waals surface area (Å²) in [6.07, 6.45) is 7.05. The monoisotopic (exact) mass is 281 g/mol. The molecule has 2 aliphatic carbocycles. The van der Waals surface area contributed by atoms with Gasteiger partial charge in [0, 0.05) is 17.9 Å². The number of nitrogens with zero attached hydrogens (tertiary/aromatic N) is 1. The lowest BCUT2D eigenvalue weighted by Crippen LogP contribution is -2.52. The third-order valence-corrected chi connectivity index (χ3v) is 4.87. The van der Waals surface area contributed by atoms with Gasteiger partial charge in [0.2, 0.25) is 0 Å². The lowest BCUT2D eigenvalue weighted by Gasteiger charge is -2.43. The van der Waals surface area contributed by atoms with Gasteiger partial charge in [0.15, 0.2) is 11.5 Å². The standard InChI is InChI=1S/C17H15NO3/c1-20-13-7-3-10-2-4-11-5-6-12(19)16-17(11,8-9-18)14(10)15(13)21-16/h2-7,11-12,16,19H,8H2,1H3/t11-,12+,16+,17+/m1/s1. The Hall–Kier alpha value is -2.25. The van der Waals surface area contributed by atoms with Crippen LogP contribution in [0.2, 0.25) is 0 Å². The highest BCUT2D eigenvalue weighted by molar-refractivity contribution is 5.71. The summed E-state index contributed by atoms with van der Waals surface area (Å²) < 4.78 is 11.5. The second kappa shape index (κ2) is 4.12. The quantitative estimate of drug-likeness (QED) is 0.844. The van der Waals surface area contributed by atoms with E-state index in [2.05, 4.69) is 18.2 Å². The molecule has 1 heterocycles. The zero-order valence-electron chi connectivity index (χ0n) is 11.6. The highest BCUT2D eigenvalue weighted by Gasteiger charge is 2.59. The molecule has 0 amide bonds. The maximum atomic E-state index is 10.4. The normalized spacial score (nSPS) is 34.0. The van der Waals surface area contributed by atoms with Gasteiger partial charge in [0.25, 0.3) is 0 Å². The summed E-state index contributed by atoms with van der Waals surface area (Å²) in [7, 11) is 1.60. The Morgan fingerprint density at radius 3 is 3.00 bits per heavy atom. The van der Waals surface area contributed by atoms with E-state index in [0.717, 1.165) is 11.1 Å². The van der Waals surface area contributed by atoms with Crippen LogP contribution in [0.4, 0.5) is 0 Å². The lowest BCUT2D eigenvalue weighted by atomic mass is 9.59. The maximum absolute atomic E-state index is 10.4. The first-order valence-corrected chi connectivity index (χ1v) is 7.02. The largest absolute Gasteiger partial charge is 0.493 e. The molecule has 1 aromatic rings. The summed E-state index contributed by atoms with van der Waals surface area (Å²) in [5.41, 5.74) is 1.53. The van der Waals surface area contributed by atoms with E-state index in [0.29, 0.717) is 17.9 Å². The SMILES string of the molecule is COc1ccc2c3c1O[C@H]1[C@@H](O)C=C[C@@H](C=C2)[C@@]31CC#N. The number of benzene rings is 1. The van der Waals surface area contributed by atoms with Crippen LogP contribution in [0.15, 0.2) is 30.4 Å². The highest BCUT2D eigenvalue weighted by atomic mass is 16.5. The van der Waals surface area contributed by atoms with Crippen molar-refractivity contribution in [2.75, 3.05) is 7.11 Å². The minimum Gasteiger partial charge on any atom is -0.493 e. The van der Waals surface area contributed by atoms with Gasteiger partial charge in [-0.25, -0.2) is 0 Å². The molecule has 0 saturated heterocycles. The first kappa shape index (κ1) is 12.5. The van der Waals surface area contributed by atoms with E-state index in [4.69, 9.17) is 9.47 Å². The van der Waals surface area contributed by atoms with E-state index in [-0.39, 0.29) is 5.92 Å². The molecule has 3 aliphatic rings. The topological polar surface area (TPSA) is 62.5 Å². The number of allylic oxidation sites excluding steroid dienone is 2. The molecule has 0 bridgehead atoms. The minimum atomic E-state index is -0.717. The number of aliphatic hydroxyl groups is 1. The number of aliphatic hydroxyl groups excluding tert-OH is 1. The molecule has 0 fully saturated rings. The molecule has 21 heavy (non-hydrogen) atoms. The highest BCUT2D eigenvalue weighted by Crippen LogP contribution is 2.59. The summed E-state index contributed by atoms with van der Waals surface area (Å²) in [4.78, 5) is 0. The van der Waals surface area contributed by atoms with Crippen LogP contribution in [0, 0.1) is 17.2 Å². The molecule has 1 N–H and O–H groups in total. The number of ether oxygens (including phenoxy) is 2. The van der Waals surface area contributed by atoms with Crippen molar-refractivity contribution in [3.63, 3.8) is 0 Å². The molecule has 4 atom stereocenters. The first-order valence-electron chi connectivity index (χ1n) is 7.02. The molecular weight excluding hydrogens is 266 g/mol. The number of nitriles is 1. The fraction of sp³-hybridized carbons (Fsp3) is 0.353. The summed E-state index contributed by atoms with van der Waals surface area (Å²) in [6.45, 7) is 0. The molecule has 4 rings (SSSR count). The predicted octanol–water partition coefficient (Wildman–Crippen LogP) is 2.18. The van der Waals surface area contributed by atoms with Crippen LogP contribution >= 0.6 is 0 Å². The van der Waals surface area contributed by atoms with Crippen molar-refractivity contribution < 1.29 is 14.6 Å². The Labute approximate surface area is 122 Å². The van der Waals surface area contributed by atoms with E-state index >= 15 is 0 Å². The summed E-state index contributed by atoms with van der Waals surface area (Å²) in [5.74, 6) is 1.39. The second-order valence-corrected chi connectivity index (χ2v) is 5.74. The third-order valence-electron chi connectivity index (χ3n) is 4.87. The molecule has 0 radical (unpaired) electrons. The van der Waals surface area contributed by atoms with Gasteiger partial charge in [-0.3, -0.25) is 0 Å². The second-order valence-electron chi connectivity index (χ2n) is 5.74. The number of hydrogen-bond acceptors (Lipinski definition) is 4. The first-order chi connectivity index (χ1) is 10.2. The van der Waals surface area contributed by atoms with Crippen LogP contribution < -0.4 is 9.47 Å². The van der Waals surface area contributed by atoms with Crippen molar-refractivity contribution in [1.29, 1.82) is 5.26 Å². The smallest absolute Gasteiger partial charge is 0.166 e. The van der Waals surface area contributed by atoms with E-state index in [1.165, 1.54) is 0 Å². The van der Waals surface area contributed by atoms with E-state index < -0.39 is 17.6 Å². The van der Waals surface area contributed by atoms with E-state index in [1.54, 1.807) is 13.2 Å². The molecule has 4 heteroatoms. The van der Waals surface area contributed by atoms with Gasteiger partial charge >= 0.3 is 0 Å². The molecule has 106 valence electrons. The Balaban J connectivity index is 2.05. The number of methoxy groups -OCH3 is 1. The molecule has 0 aromatic heterocycles. The predicted molar refractivity (Wildman–Crippen MR) is 77.0 cm³/mol. The van der Waals surface area contributed by atoms with Crippen LogP contribution in [0.5, 0.6) is 11.5 Å². The molecule has 1 aliphatic heterocycles. The summed E-state index contributed by atoms with van der Waals surface area (Å²) >= 11 is 0. The number of rotatable bonds is 2. The Morgan fingerprint density at radius 1 is 1.38 bits per heavy atom. The fourth-order valence-electron chi connectivity index (χ4n) is 3.97. The molecule has 0 saturated carbocycles. The van der Waals surface area contributed by atoms with Crippen LogP contribution in [0.25, 0.3) is 6.08 Å². The Bertz CT molecular complexity index is 715. The average molecular weight is 281 g/mol. The number of hydrogen-bond donors (Lipinski definition) is 1. The summed E-state index contributed by atoms with van der Waals surface area (Å²) in [5, 5.41) is 19.7. The van der Waals surface area contributed by atoms with Crippen LogP contribution in [-0.2, 0) is 5.41 Å². The van der Waals surface area contributed by atoms with Gasteiger partial charge < -0.3 is 14.6 Å². The van der Waals surface area contributed by atoms with Crippen molar-refractivity contribution in [2.24, 2.45) is 5.92 Å². The van der Waals surface area contributed by atoms with Crippen LogP contribution in [0.3, 0.4) is 0 Å². The fourth-order valence-corrected chi connectivity index (χ4v) is 3.97. The zero-order valence-corrected chi connectivity index (χ0v) is 11.6. The summed E-state index contributed by atoms with van der Waals surface area (Å²) in [6, 6.07) is 6.15. The molecule has 0 unspecified atom stereocenters. The van der Waals surface area contributed by atoms with E-state index in [1.807, 2.05) is 18.2 Å². The van der Waals surface area contributed by atoms with Crippen molar-refractivity contribution in [1.82, 2.24) is 0 Å². The van der Waals surface area contributed by atoms with Crippen molar-refractivity contribution in [3.05, 3.63) is 41.5 Å². The lowest BCUT2D eigenvalue weighted by molar-refractivity contribution is 0.0148. The molecular formula is C17H15NO3. The van der Waals surface area contributed by atoms with Gasteiger partial charge in [-0.2, -0.15) is 5.26 Å². The van der Waals surface area contributed by atoms with Crippen molar-refractivity contribution >= 4 is 6.08 Å². The maximum Gasteiger partial charge on any atom is 0.166 e. The minimum absolute atomic E-state index is 0.0615. The Kier molecular flexibility index (Phi) is 2.45. The average Bonchev–Trinajstić information content (AvgIpc) is 2.85. The van der Waals surface area contributed by atoms with Gasteiger partial charge in [-0.15, -0.1) is 0 Å². The van der Waals surface area contributed by atoms with Gasteiger partial charge in [-0.05, 0) is 11.6 Å². The molecule has 1 aromatic carbocycles. The van der Waals surface area contributed by atoms with Gasteiger partial charge in [0.1, 0.15) is 12.2 Å². The Morgan fingerprint density at radius 2 is 2.24 bits per heavy atom. The third kappa shape index (κ3) is 1.37. The molecule has 0 spiro atoms. The zero-order chi connectivity index (χ0) is 14.6. The van der Waals surface area contributed by atoms with Crippen molar-refractivity contribution in [2.45, 2.75) is 24.0 Å². The van der Waals surface area contributed by atoms with Crippen LogP contribution in [0.1, 0.15) is 17.5 Å². The van der Waals surface area contributed by atoms with Crippen LogP contribution in [-0.4, -0.2) is 24.4 Å². The van der Waals surface area contributed by atoms with Gasteiger partial charge in [0.05, 0.1) is 18.6 Å². The van der Waals surface area contributed by atoms with E-state index in [9.17, 15) is 10.4 Å². The molecule has 4 nitrogen and oxygen atoms in total. The van der Waals surface area contributed by atoms with Gasteiger partial charge in [-0.1, -0.05) is 30.4 Å². The van der Waals surface area contributed by atoms with Crippen molar-refractivity contribution in [3.8, 4) is 17.6 Å².